The third-order valence-electron chi connectivity index (χ3n) is 3.43. The summed E-state index contributed by atoms with van der Waals surface area (Å²) in [7, 11) is 0. The lowest BCUT2D eigenvalue weighted by Gasteiger charge is -2.24. The number of aryl methyl sites for hydroxylation is 1. The molecule has 1 fully saturated rings. The lowest BCUT2D eigenvalue weighted by Crippen LogP contribution is -2.49. The van der Waals surface area contributed by atoms with Crippen LogP contribution < -0.4 is 10.2 Å². The van der Waals surface area contributed by atoms with Crippen molar-refractivity contribution in [2.75, 3.05) is 11.4 Å². The zero-order valence-electron chi connectivity index (χ0n) is 10.9. The molecule has 7 heteroatoms. The average molecular weight is 276 g/mol. The number of carbonyl (C=O) groups excluding carboxylic acids is 2. The predicted octanol–water partition coefficient (Wildman–Crippen LogP) is 1.71. The first-order valence-electron chi connectivity index (χ1n) is 6.38. The normalized spacial score (nSPS) is 15.8. The van der Waals surface area contributed by atoms with Crippen LogP contribution in [0.25, 0.3) is 10.9 Å². The van der Waals surface area contributed by atoms with E-state index in [2.05, 4.69) is 15.5 Å². The zero-order chi connectivity index (χ0) is 14.3. The number of hydrogen-bond acceptors (Lipinski definition) is 3. The topological polar surface area (TPSA) is 78.1 Å². The van der Waals surface area contributed by atoms with Crippen LogP contribution in [0, 0.1) is 5.82 Å². The molecule has 1 aliphatic heterocycles. The lowest BCUT2D eigenvalue weighted by atomic mass is 10.1. The Morgan fingerprint density at radius 2 is 2.20 bits per heavy atom. The second kappa shape index (κ2) is 4.59. The number of urea groups is 1. The number of hydrogen-bond donors (Lipinski definition) is 2. The first-order chi connectivity index (χ1) is 9.61. The van der Waals surface area contributed by atoms with Crippen molar-refractivity contribution in [3.05, 3.63) is 23.5 Å². The van der Waals surface area contributed by atoms with E-state index in [0.29, 0.717) is 23.2 Å². The molecule has 0 unspecified atom stereocenters. The van der Waals surface area contributed by atoms with E-state index in [-0.39, 0.29) is 30.2 Å². The second-order valence-corrected chi connectivity index (χ2v) is 4.62. The van der Waals surface area contributed by atoms with Crippen molar-refractivity contribution in [1.82, 2.24) is 15.5 Å². The molecule has 1 saturated heterocycles. The van der Waals surface area contributed by atoms with Crippen LogP contribution in [0.15, 0.2) is 12.1 Å². The van der Waals surface area contributed by atoms with Gasteiger partial charge in [-0.05, 0) is 18.1 Å². The summed E-state index contributed by atoms with van der Waals surface area (Å²) in [5.41, 5.74) is 0.870. The first kappa shape index (κ1) is 12.6. The highest BCUT2D eigenvalue weighted by Gasteiger charge is 2.27. The summed E-state index contributed by atoms with van der Waals surface area (Å²) in [6.45, 7) is 2.10. The molecule has 0 atom stereocenters. The summed E-state index contributed by atoms with van der Waals surface area (Å²) in [6, 6.07) is 2.89. The van der Waals surface area contributed by atoms with Crippen molar-refractivity contribution in [2.45, 2.75) is 19.8 Å². The van der Waals surface area contributed by atoms with E-state index >= 15 is 0 Å². The Bertz CT molecular complexity index is 710. The van der Waals surface area contributed by atoms with E-state index < -0.39 is 6.03 Å². The molecule has 0 aliphatic carbocycles. The van der Waals surface area contributed by atoms with Gasteiger partial charge in [0.05, 0.1) is 0 Å². The van der Waals surface area contributed by atoms with Crippen molar-refractivity contribution in [1.29, 1.82) is 0 Å². The Balaban J connectivity index is 2.07. The number of amides is 3. The van der Waals surface area contributed by atoms with Crippen molar-refractivity contribution < 1.29 is 14.0 Å². The Morgan fingerprint density at radius 3 is 2.90 bits per heavy atom. The molecule has 1 aromatic heterocycles. The van der Waals surface area contributed by atoms with Gasteiger partial charge in [-0.3, -0.25) is 20.1 Å². The molecule has 2 N–H and O–H groups in total. The van der Waals surface area contributed by atoms with E-state index in [1.54, 1.807) is 12.1 Å². The minimum Gasteiger partial charge on any atom is -0.278 e. The molecular formula is C13H13FN4O2. The average Bonchev–Trinajstić information content (AvgIpc) is 2.84. The number of aromatic nitrogens is 2. The molecule has 1 aliphatic rings. The molecule has 0 spiro atoms. The van der Waals surface area contributed by atoms with Gasteiger partial charge in [-0.1, -0.05) is 13.0 Å². The highest BCUT2D eigenvalue weighted by Crippen LogP contribution is 2.28. The molecule has 0 radical (unpaired) electrons. The number of H-pyrrole nitrogens is 1. The molecule has 20 heavy (non-hydrogen) atoms. The number of nitrogens with zero attached hydrogens (tertiary/aromatic N) is 2. The molecule has 6 nitrogen and oxygen atoms in total. The van der Waals surface area contributed by atoms with Crippen molar-refractivity contribution in [3.63, 3.8) is 0 Å². The Kier molecular flexibility index (Phi) is 2.89. The molecule has 2 heterocycles. The zero-order valence-corrected chi connectivity index (χ0v) is 10.9. The standard InChI is InChI=1S/C13H13FN4O2/c1-2-7-3-4-8-11(10(7)14)16-17-12(8)18-6-5-9(19)15-13(18)20/h3-4H,2,5-6H2,1H3,(H,16,17)(H,15,19,20). The number of rotatable bonds is 2. The maximum atomic E-state index is 14.2. The number of anilines is 1. The highest BCUT2D eigenvalue weighted by atomic mass is 19.1. The quantitative estimate of drug-likeness (QED) is 0.876. The van der Waals surface area contributed by atoms with Crippen molar-refractivity contribution >= 4 is 28.7 Å². The number of aromatic amines is 1. The largest absolute Gasteiger partial charge is 0.329 e. The first-order valence-corrected chi connectivity index (χ1v) is 6.38. The summed E-state index contributed by atoms with van der Waals surface area (Å²) >= 11 is 0. The maximum Gasteiger partial charge on any atom is 0.329 e. The summed E-state index contributed by atoms with van der Waals surface area (Å²) in [5, 5.41) is 9.40. The number of nitrogens with one attached hydrogen (secondary N) is 2. The molecule has 3 rings (SSSR count). The van der Waals surface area contributed by atoms with Gasteiger partial charge in [0.1, 0.15) is 5.52 Å². The predicted molar refractivity (Wildman–Crippen MR) is 70.9 cm³/mol. The van der Waals surface area contributed by atoms with Crippen LogP contribution in [0.3, 0.4) is 0 Å². The summed E-state index contributed by atoms with van der Waals surface area (Å²) in [5.74, 6) is -0.325. The smallest absolute Gasteiger partial charge is 0.278 e. The lowest BCUT2D eigenvalue weighted by molar-refractivity contribution is -0.120. The number of imide groups is 1. The van der Waals surface area contributed by atoms with Gasteiger partial charge in [0, 0.05) is 18.4 Å². The fourth-order valence-electron chi connectivity index (χ4n) is 2.33. The number of fused-ring (bicyclic) bond motifs is 1. The third-order valence-corrected chi connectivity index (χ3v) is 3.43. The Hall–Kier alpha value is -2.44. The molecule has 2 aromatic rings. The highest BCUT2D eigenvalue weighted by molar-refractivity contribution is 6.08. The third kappa shape index (κ3) is 1.82. The summed E-state index contributed by atoms with van der Waals surface area (Å²) in [4.78, 5) is 24.3. The van der Waals surface area contributed by atoms with Gasteiger partial charge in [-0.15, -0.1) is 0 Å². The van der Waals surface area contributed by atoms with Crippen LogP contribution in [-0.4, -0.2) is 28.7 Å². The van der Waals surface area contributed by atoms with Crippen molar-refractivity contribution in [3.8, 4) is 0 Å². The fourth-order valence-corrected chi connectivity index (χ4v) is 2.33. The van der Waals surface area contributed by atoms with Crippen LogP contribution in [-0.2, 0) is 11.2 Å². The molecular weight excluding hydrogens is 263 g/mol. The van der Waals surface area contributed by atoms with Gasteiger partial charge in [-0.25, -0.2) is 9.18 Å². The van der Waals surface area contributed by atoms with E-state index in [9.17, 15) is 14.0 Å². The number of benzene rings is 1. The van der Waals surface area contributed by atoms with Gasteiger partial charge in [0.2, 0.25) is 5.91 Å². The van der Waals surface area contributed by atoms with Crippen LogP contribution in [0.1, 0.15) is 18.9 Å². The van der Waals surface area contributed by atoms with Gasteiger partial charge in [0.25, 0.3) is 0 Å². The van der Waals surface area contributed by atoms with Crippen LogP contribution in [0.2, 0.25) is 0 Å². The SMILES string of the molecule is CCc1ccc2c(N3CCC(=O)NC3=O)n[nH]c2c1F. The Morgan fingerprint density at radius 1 is 1.40 bits per heavy atom. The number of carbonyl (C=O) groups is 2. The maximum absolute atomic E-state index is 14.2. The molecule has 0 saturated carbocycles. The molecule has 1 aromatic carbocycles. The van der Waals surface area contributed by atoms with E-state index in [1.807, 2.05) is 6.92 Å². The van der Waals surface area contributed by atoms with E-state index in [4.69, 9.17) is 0 Å². The summed E-state index contributed by atoms with van der Waals surface area (Å²) < 4.78 is 14.2. The minimum atomic E-state index is -0.533. The summed E-state index contributed by atoms with van der Waals surface area (Å²) in [6.07, 6.45) is 0.782. The fraction of sp³-hybridized carbons (Fsp3) is 0.308. The van der Waals surface area contributed by atoms with E-state index in [1.165, 1.54) is 4.90 Å². The van der Waals surface area contributed by atoms with E-state index in [0.717, 1.165) is 0 Å². The Labute approximate surface area is 113 Å². The van der Waals surface area contributed by atoms with Gasteiger partial charge < -0.3 is 0 Å². The van der Waals surface area contributed by atoms with Crippen LogP contribution >= 0.6 is 0 Å². The molecule has 0 bridgehead atoms. The molecule has 104 valence electrons. The minimum absolute atomic E-state index is 0.204. The van der Waals surface area contributed by atoms with Crippen LogP contribution in [0.4, 0.5) is 15.0 Å². The van der Waals surface area contributed by atoms with Gasteiger partial charge in [0.15, 0.2) is 11.6 Å². The van der Waals surface area contributed by atoms with Gasteiger partial charge in [-0.2, -0.15) is 5.10 Å². The molecule has 3 amide bonds. The number of halogens is 1. The monoisotopic (exact) mass is 276 g/mol. The van der Waals surface area contributed by atoms with Crippen molar-refractivity contribution in [2.24, 2.45) is 0 Å². The van der Waals surface area contributed by atoms with Crippen LogP contribution in [0.5, 0.6) is 0 Å². The van der Waals surface area contributed by atoms with Gasteiger partial charge >= 0.3 is 6.03 Å². The second-order valence-electron chi connectivity index (χ2n) is 4.62.